The van der Waals surface area contributed by atoms with Gasteiger partial charge in [-0.05, 0) is 60.2 Å². The van der Waals surface area contributed by atoms with Crippen LogP contribution >= 0.6 is 34.8 Å². The zero-order valence-corrected chi connectivity index (χ0v) is 25.5. The van der Waals surface area contributed by atoms with Crippen LogP contribution in [-0.4, -0.2) is 33.4 Å². The lowest BCUT2D eigenvalue weighted by atomic mass is 9.89. The maximum atomic E-state index is 14.0. The third kappa shape index (κ3) is 7.40. The fourth-order valence-corrected chi connectivity index (χ4v) is 5.86. The normalized spacial score (nSPS) is 14.9. The van der Waals surface area contributed by atoms with Gasteiger partial charge in [0.05, 0.1) is 23.9 Å². The molecule has 4 N–H and O–H groups in total. The first-order valence-electron chi connectivity index (χ1n) is 13.8. The van der Waals surface area contributed by atoms with E-state index in [0.29, 0.717) is 52.4 Å². The van der Waals surface area contributed by atoms with Crippen molar-refractivity contribution >= 4 is 46.4 Å². The van der Waals surface area contributed by atoms with Crippen molar-refractivity contribution in [3.63, 3.8) is 0 Å². The van der Waals surface area contributed by atoms with Crippen molar-refractivity contribution in [1.82, 2.24) is 14.5 Å². The molecule has 3 aromatic carbocycles. The number of likely N-dealkylation sites (tertiary alicyclic amines) is 1. The molecule has 1 aliphatic heterocycles. The topological polar surface area (TPSA) is 110 Å². The van der Waals surface area contributed by atoms with E-state index in [2.05, 4.69) is 4.98 Å². The van der Waals surface area contributed by atoms with Crippen molar-refractivity contribution in [3.8, 4) is 11.3 Å². The van der Waals surface area contributed by atoms with Crippen LogP contribution in [0.25, 0.3) is 11.3 Å². The van der Waals surface area contributed by atoms with E-state index in [-0.39, 0.29) is 16.6 Å². The maximum Gasteiger partial charge on any atom is 0.254 e. The van der Waals surface area contributed by atoms with Gasteiger partial charge in [0.2, 0.25) is 5.91 Å². The van der Waals surface area contributed by atoms with Gasteiger partial charge < -0.3 is 10.6 Å². The van der Waals surface area contributed by atoms with Crippen molar-refractivity contribution in [1.29, 1.82) is 0 Å². The average molecular weight is 638 g/mol. The van der Waals surface area contributed by atoms with Gasteiger partial charge in [-0.3, -0.25) is 19.2 Å². The zero-order valence-electron chi connectivity index (χ0n) is 23.2. The van der Waals surface area contributed by atoms with Gasteiger partial charge in [-0.2, -0.15) is 0 Å². The summed E-state index contributed by atoms with van der Waals surface area (Å²) in [7, 11) is 0. The van der Waals surface area contributed by atoms with Gasteiger partial charge in [0.1, 0.15) is 11.2 Å². The van der Waals surface area contributed by atoms with E-state index in [1.54, 1.807) is 18.2 Å². The van der Waals surface area contributed by atoms with E-state index >= 15 is 0 Å². The van der Waals surface area contributed by atoms with E-state index in [0.717, 1.165) is 18.4 Å². The van der Waals surface area contributed by atoms with E-state index < -0.39 is 6.04 Å². The predicted octanol–water partition coefficient (Wildman–Crippen LogP) is 6.08. The third-order valence-electron chi connectivity index (χ3n) is 7.65. The lowest BCUT2D eigenvalue weighted by molar-refractivity contribution is -0.136. The molecule has 222 valence electrons. The Morgan fingerprint density at radius 1 is 1.00 bits per heavy atom. The second kappa shape index (κ2) is 13.7. The van der Waals surface area contributed by atoms with Crippen LogP contribution in [0.5, 0.6) is 0 Å². The number of halogens is 3. The molecule has 0 radical (unpaired) electrons. The minimum Gasteiger partial charge on any atom is -0.388 e. The van der Waals surface area contributed by atoms with Crippen molar-refractivity contribution in [3.05, 3.63) is 128 Å². The monoisotopic (exact) mass is 636 g/mol. The molecule has 5 rings (SSSR count). The molecule has 0 aliphatic carbocycles. The second-order valence-corrected chi connectivity index (χ2v) is 11.8. The number of hydrogen-bond acceptors (Lipinski definition) is 6. The van der Waals surface area contributed by atoms with Gasteiger partial charge in [0.25, 0.3) is 5.56 Å². The number of carbonyl (C=O) groups is 1. The van der Waals surface area contributed by atoms with Gasteiger partial charge >= 0.3 is 0 Å². The number of rotatable bonds is 8. The number of hydrazine groups is 1. The number of nitrogens with zero attached hydrogens (tertiary/aromatic N) is 4. The number of amides is 1. The maximum absolute atomic E-state index is 14.0. The first-order valence-corrected chi connectivity index (χ1v) is 15.0. The van der Waals surface area contributed by atoms with Crippen LogP contribution in [0, 0.1) is 0 Å². The standard InChI is InChI=1S/C32H31Cl3N6O2/c33-24-8-6-22(7-9-24)23-12-14-39(15-13-23)32(43)29(16-21-4-2-1-3-5-21)40-20-38-27(18-31(40)42)26-17-25(34)10-11-28(26)41(37)19-30(35)36/h1-11,17-20,23,29H,12-16,36-37H2/b30-19-. The van der Waals surface area contributed by atoms with Crippen molar-refractivity contribution < 1.29 is 4.79 Å². The molecular formula is C32H31Cl3N6O2. The molecular weight excluding hydrogens is 607 g/mol. The third-order valence-corrected chi connectivity index (χ3v) is 8.24. The first kappa shape index (κ1) is 30.6. The highest BCUT2D eigenvalue weighted by molar-refractivity contribution is 6.31. The molecule has 0 spiro atoms. The average Bonchev–Trinajstić information content (AvgIpc) is 3.00. The molecule has 11 heteroatoms. The minimum absolute atomic E-state index is 0.0220. The molecule has 0 bridgehead atoms. The van der Waals surface area contributed by atoms with Crippen LogP contribution in [0.3, 0.4) is 0 Å². The van der Waals surface area contributed by atoms with E-state index in [1.165, 1.54) is 33.7 Å². The second-order valence-electron chi connectivity index (χ2n) is 10.5. The number of aromatic nitrogens is 2. The highest BCUT2D eigenvalue weighted by atomic mass is 35.5. The summed E-state index contributed by atoms with van der Waals surface area (Å²) < 4.78 is 1.41. The summed E-state index contributed by atoms with van der Waals surface area (Å²) in [6.07, 6.45) is 4.75. The van der Waals surface area contributed by atoms with Crippen LogP contribution in [-0.2, 0) is 11.2 Å². The van der Waals surface area contributed by atoms with E-state index in [1.807, 2.05) is 59.5 Å². The fraction of sp³-hybridized carbons (Fsp3) is 0.219. The summed E-state index contributed by atoms with van der Waals surface area (Å²) >= 11 is 18.2. The number of carbonyl (C=O) groups excluding carboxylic acids is 1. The van der Waals surface area contributed by atoms with Crippen LogP contribution in [0.4, 0.5) is 5.69 Å². The predicted molar refractivity (Wildman–Crippen MR) is 173 cm³/mol. The Bertz CT molecular complexity index is 1670. The van der Waals surface area contributed by atoms with Crippen LogP contribution in [0.1, 0.15) is 35.9 Å². The van der Waals surface area contributed by atoms with Gasteiger partial charge in [0.15, 0.2) is 0 Å². The lowest BCUT2D eigenvalue weighted by Gasteiger charge is -2.35. The molecule has 1 aliphatic rings. The van der Waals surface area contributed by atoms with E-state index in [4.69, 9.17) is 46.4 Å². The summed E-state index contributed by atoms with van der Waals surface area (Å²) in [5.74, 6) is 6.37. The number of hydrogen-bond donors (Lipinski definition) is 2. The highest BCUT2D eigenvalue weighted by Gasteiger charge is 2.31. The molecule has 1 atom stereocenters. The molecule has 1 saturated heterocycles. The van der Waals surface area contributed by atoms with E-state index in [9.17, 15) is 9.59 Å². The zero-order chi connectivity index (χ0) is 30.5. The van der Waals surface area contributed by atoms with Crippen LogP contribution < -0.4 is 22.1 Å². The molecule has 4 aromatic rings. The van der Waals surface area contributed by atoms with Gasteiger partial charge in [-0.25, -0.2) is 10.8 Å². The summed E-state index contributed by atoms with van der Waals surface area (Å²) in [5, 5.41) is 2.34. The summed E-state index contributed by atoms with van der Waals surface area (Å²) in [5.41, 5.74) is 8.70. The van der Waals surface area contributed by atoms with Gasteiger partial charge in [-0.15, -0.1) is 0 Å². The molecule has 2 heterocycles. The van der Waals surface area contributed by atoms with Crippen molar-refractivity contribution in [2.75, 3.05) is 18.1 Å². The number of piperidine rings is 1. The molecule has 1 fully saturated rings. The first-order chi connectivity index (χ1) is 20.7. The molecule has 0 saturated carbocycles. The van der Waals surface area contributed by atoms with Gasteiger partial charge in [0, 0.05) is 41.2 Å². The molecule has 8 nitrogen and oxygen atoms in total. The smallest absolute Gasteiger partial charge is 0.254 e. The Hall–Kier alpha value is -3.82. The van der Waals surface area contributed by atoms with Crippen molar-refractivity contribution in [2.45, 2.75) is 31.2 Å². The highest BCUT2D eigenvalue weighted by Crippen LogP contribution is 2.32. The molecule has 1 amide bonds. The minimum atomic E-state index is -0.771. The Labute approximate surface area is 265 Å². The Kier molecular flexibility index (Phi) is 9.72. The Morgan fingerprint density at radius 3 is 2.33 bits per heavy atom. The Balaban J connectivity index is 1.44. The van der Waals surface area contributed by atoms with Crippen molar-refractivity contribution in [2.24, 2.45) is 11.6 Å². The molecule has 43 heavy (non-hydrogen) atoms. The SMILES string of the molecule is N/C(Cl)=C\N(N)c1ccc(Cl)cc1-c1cc(=O)n(C(Cc2ccccc2)C(=O)N2CCC(c3ccc(Cl)cc3)CC2)cn1. The molecule has 1 aromatic heterocycles. The molecule has 1 unspecified atom stereocenters. The van der Waals surface area contributed by atoms with Gasteiger partial charge in [-0.1, -0.05) is 77.3 Å². The number of benzene rings is 3. The van der Waals surface area contributed by atoms with Crippen LogP contribution in [0.15, 0.2) is 101 Å². The largest absolute Gasteiger partial charge is 0.388 e. The summed E-state index contributed by atoms with van der Waals surface area (Å²) in [4.78, 5) is 34.1. The lowest BCUT2D eigenvalue weighted by Crippen LogP contribution is -2.44. The number of anilines is 1. The Morgan fingerprint density at radius 2 is 1.67 bits per heavy atom. The quantitative estimate of drug-likeness (QED) is 0.138. The summed E-state index contributed by atoms with van der Waals surface area (Å²) in [6, 6.07) is 23.1. The van der Waals surface area contributed by atoms with Crippen LogP contribution in [0.2, 0.25) is 10.0 Å². The fourth-order valence-electron chi connectivity index (χ4n) is 5.45. The number of nitrogens with two attached hydrogens (primary N) is 2. The summed E-state index contributed by atoms with van der Waals surface area (Å²) in [6.45, 7) is 1.18.